The van der Waals surface area contributed by atoms with Crippen molar-refractivity contribution in [2.75, 3.05) is 11.9 Å². The lowest BCUT2D eigenvalue weighted by Crippen LogP contribution is -2.32. The number of nitrogens with zero attached hydrogens (tertiary/aromatic N) is 3. The average Bonchev–Trinajstić information content (AvgIpc) is 3.28. The van der Waals surface area contributed by atoms with E-state index in [2.05, 4.69) is 25.8 Å². The smallest absolute Gasteiger partial charge is 0.251 e. The second-order valence-corrected chi connectivity index (χ2v) is 6.78. The Morgan fingerprint density at radius 3 is 2.45 bits per heavy atom. The Kier molecular flexibility index (Phi) is 5.79. The van der Waals surface area contributed by atoms with Crippen LogP contribution in [0.25, 0.3) is 22.9 Å². The van der Waals surface area contributed by atoms with Gasteiger partial charge in [0.25, 0.3) is 5.91 Å². The van der Waals surface area contributed by atoms with E-state index in [4.69, 9.17) is 4.42 Å². The van der Waals surface area contributed by atoms with Crippen LogP contribution in [-0.2, 0) is 4.79 Å². The van der Waals surface area contributed by atoms with E-state index in [0.717, 1.165) is 11.1 Å². The summed E-state index contributed by atoms with van der Waals surface area (Å²) in [5, 5.41) is 13.5. The minimum atomic E-state index is -0.362. The van der Waals surface area contributed by atoms with Gasteiger partial charge in [0.05, 0.1) is 18.4 Å². The van der Waals surface area contributed by atoms with E-state index < -0.39 is 0 Å². The molecule has 0 spiro atoms. The van der Waals surface area contributed by atoms with Crippen molar-refractivity contribution in [3.8, 4) is 22.9 Å². The van der Waals surface area contributed by atoms with Gasteiger partial charge in [0.2, 0.25) is 17.7 Å². The highest BCUT2D eigenvalue weighted by molar-refractivity contribution is 5.99. The number of hydrogen-bond donors (Lipinski definition) is 2. The average molecular weight is 413 g/mol. The van der Waals surface area contributed by atoms with Gasteiger partial charge in [-0.2, -0.15) is 0 Å². The number of pyridine rings is 1. The number of aryl methyl sites for hydroxylation is 1. The summed E-state index contributed by atoms with van der Waals surface area (Å²) in [7, 11) is 0. The van der Waals surface area contributed by atoms with E-state index in [1.807, 2.05) is 31.2 Å². The maximum Gasteiger partial charge on any atom is 0.251 e. The van der Waals surface area contributed by atoms with Crippen LogP contribution in [0, 0.1) is 6.92 Å². The molecule has 4 rings (SSSR count). The molecule has 0 bridgehead atoms. The molecule has 2 heterocycles. The van der Waals surface area contributed by atoms with Crippen LogP contribution in [0.5, 0.6) is 0 Å². The third kappa shape index (κ3) is 4.81. The first-order valence-corrected chi connectivity index (χ1v) is 9.58. The van der Waals surface area contributed by atoms with Crippen LogP contribution in [0.4, 0.5) is 5.69 Å². The molecule has 2 aromatic heterocycles. The third-order valence-electron chi connectivity index (χ3n) is 4.55. The second kappa shape index (κ2) is 9.00. The molecule has 2 amide bonds. The zero-order valence-corrected chi connectivity index (χ0v) is 16.7. The van der Waals surface area contributed by atoms with Crippen LogP contribution < -0.4 is 10.6 Å². The topological polar surface area (TPSA) is 110 Å². The molecule has 0 atom stereocenters. The third-order valence-corrected chi connectivity index (χ3v) is 4.55. The van der Waals surface area contributed by atoms with Gasteiger partial charge in [-0.1, -0.05) is 18.2 Å². The molecule has 4 aromatic rings. The molecule has 0 saturated carbocycles. The van der Waals surface area contributed by atoms with Crippen LogP contribution >= 0.6 is 0 Å². The van der Waals surface area contributed by atoms with Crippen molar-refractivity contribution in [2.24, 2.45) is 0 Å². The van der Waals surface area contributed by atoms with Crippen molar-refractivity contribution >= 4 is 17.5 Å². The molecule has 2 aromatic carbocycles. The molecule has 0 aliphatic rings. The highest BCUT2D eigenvalue weighted by Crippen LogP contribution is 2.26. The number of anilines is 1. The zero-order valence-electron chi connectivity index (χ0n) is 16.7. The number of aromatic nitrogens is 3. The van der Waals surface area contributed by atoms with Gasteiger partial charge in [0, 0.05) is 22.9 Å². The van der Waals surface area contributed by atoms with Crippen molar-refractivity contribution in [1.29, 1.82) is 0 Å². The number of nitrogens with one attached hydrogen (secondary N) is 2. The summed E-state index contributed by atoms with van der Waals surface area (Å²) in [6, 6.07) is 17.9. The molecular weight excluding hydrogens is 394 g/mol. The maximum atomic E-state index is 12.3. The first-order valence-electron chi connectivity index (χ1n) is 9.58. The fourth-order valence-corrected chi connectivity index (χ4v) is 2.93. The molecular formula is C23H19N5O3. The standard InChI is InChI=1S/C23H19N5O3/c1-15-5-2-3-7-19(15)23-28-27-22(31-23)17-10-8-16(9-11-17)21(30)25-14-20(29)26-18-6-4-12-24-13-18/h2-13H,14H2,1H3,(H,25,30)(H,26,29). The lowest BCUT2D eigenvalue weighted by atomic mass is 10.1. The molecule has 0 unspecified atom stereocenters. The second-order valence-electron chi connectivity index (χ2n) is 6.78. The van der Waals surface area contributed by atoms with E-state index in [0.29, 0.717) is 28.6 Å². The minimum Gasteiger partial charge on any atom is -0.416 e. The molecule has 2 N–H and O–H groups in total. The van der Waals surface area contributed by atoms with E-state index in [-0.39, 0.29) is 18.4 Å². The Balaban J connectivity index is 1.37. The fraction of sp³-hybridized carbons (Fsp3) is 0.0870. The molecule has 8 heteroatoms. The molecule has 0 fully saturated rings. The number of carbonyl (C=O) groups excluding carboxylic acids is 2. The largest absolute Gasteiger partial charge is 0.416 e. The van der Waals surface area contributed by atoms with Gasteiger partial charge in [-0.05, 0) is 55.0 Å². The van der Waals surface area contributed by atoms with Gasteiger partial charge < -0.3 is 15.1 Å². The summed E-state index contributed by atoms with van der Waals surface area (Å²) >= 11 is 0. The van der Waals surface area contributed by atoms with E-state index in [1.54, 1.807) is 42.6 Å². The Morgan fingerprint density at radius 1 is 0.935 bits per heavy atom. The maximum absolute atomic E-state index is 12.3. The quantitative estimate of drug-likeness (QED) is 0.501. The van der Waals surface area contributed by atoms with E-state index in [1.165, 1.54) is 6.20 Å². The fourth-order valence-electron chi connectivity index (χ4n) is 2.93. The van der Waals surface area contributed by atoms with E-state index in [9.17, 15) is 9.59 Å². The molecule has 31 heavy (non-hydrogen) atoms. The molecule has 8 nitrogen and oxygen atoms in total. The van der Waals surface area contributed by atoms with Gasteiger partial charge in [-0.25, -0.2) is 0 Å². The Morgan fingerprint density at radius 2 is 1.71 bits per heavy atom. The first kappa shape index (κ1) is 20.0. The summed E-state index contributed by atoms with van der Waals surface area (Å²) in [6.07, 6.45) is 3.14. The highest BCUT2D eigenvalue weighted by atomic mass is 16.4. The molecule has 0 aliphatic heterocycles. The van der Waals surface area contributed by atoms with Crippen LogP contribution in [-0.4, -0.2) is 33.5 Å². The van der Waals surface area contributed by atoms with Crippen molar-refractivity contribution in [1.82, 2.24) is 20.5 Å². The normalized spacial score (nSPS) is 10.5. The monoisotopic (exact) mass is 413 g/mol. The lowest BCUT2D eigenvalue weighted by Gasteiger charge is -2.07. The van der Waals surface area contributed by atoms with Crippen LogP contribution in [0.3, 0.4) is 0 Å². The van der Waals surface area contributed by atoms with Crippen molar-refractivity contribution in [3.05, 3.63) is 84.2 Å². The minimum absolute atomic E-state index is 0.154. The Bertz CT molecular complexity index is 1200. The van der Waals surface area contributed by atoms with Gasteiger partial charge in [-0.3, -0.25) is 14.6 Å². The summed E-state index contributed by atoms with van der Waals surface area (Å²) < 4.78 is 5.79. The number of hydrogen-bond acceptors (Lipinski definition) is 6. The first-order chi connectivity index (χ1) is 15.1. The Hall–Kier alpha value is -4.33. The summed E-state index contributed by atoms with van der Waals surface area (Å²) in [5.74, 6) is 0.0992. The van der Waals surface area contributed by atoms with Crippen molar-refractivity contribution in [3.63, 3.8) is 0 Å². The molecule has 0 radical (unpaired) electrons. The van der Waals surface area contributed by atoms with Gasteiger partial charge in [0.1, 0.15) is 0 Å². The number of rotatable bonds is 6. The number of benzene rings is 2. The predicted octanol–water partition coefficient (Wildman–Crippen LogP) is 3.48. The number of amides is 2. The van der Waals surface area contributed by atoms with Gasteiger partial charge >= 0.3 is 0 Å². The van der Waals surface area contributed by atoms with Gasteiger partial charge in [-0.15, -0.1) is 10.2 Å². The molecule has 154 valence electrons. The zero-order chi connectivity index (χ0) is 21.6. The van der Waals surface area contributed by atoms with Crippen molar-refractivity contribution < 1.29 is 14.0 Å². The van der Waals surface area contributed by atoms with Gasteiger partial charge in [0.15, 0.2) is 0 Å². The highest BCUT2D eigenvalue weighted by Gasteiger charge is 2.13. The number of carbonyl (C=O) groups is 2. The van der Waals surface area contributed by atoms with Crippen LogP contribution in [0.15, 0.2) is 77.5 Å². The van der Waals surface area contributed by atoms with Crippen LogP contribution in [0.1, 0.15) is 15.9 Å². The SMILES string of the molecule is Cc1ccccc1-c1nnc(-c2ccc(C(=O)NCC(=O)Nc3cccnc3)cc2)o1. The lowest BCUT2D eigenvalue weighted by molar-refractivity contribution is -0.115. The summed E-state index contributed by atoms with van der Waals surface area (Å²) in [6.45, 7) is 1.82. The molecule has 0 saturated heterocycles. The van der Waals surface area contributed by atoms with E-state index >= 15 is 0 Å². The predicted molar refractivity (Wildman–Crippen MR) is 115 cm³/mol. The summed E-state index contributed by atoms with van der Waals surface area (Å²) in [5.41, 5.74) is 3.59. The Labute approximate surface area is 178 Å². The molecule has 0 aliphatic carbocycles. The summed E-state index contributed by atoms with van der Waals surface area (Å²) in [4.78, 5) is 28.2. The van der Waals surface area contributed by atoms with Crippen LogP contribution in [0.2, 0.25) is 0 Å². The van der Waals surface area contributed by atoms with Crippen molar-refractivity contribution in [2.45, 2.75) is 6.92 Å².